The average Bonchev–Trinajstić information content (AvgIpc) is 3.40. The van der Waals surface area contributed by atoms with Crippen LogP contribution in [-0.4, -0.2) is 73.0 Å². The average molecular weight is 600 g/mol. The molecule has 8 N–H and O–H groups in total. The number of rotatable bonds is 11. The monoisotopic (exact) mass is 599 g/mol. The molecule has 0 saturated carbocycles. The summed E-state index contributed by atoms with van der Waals surface area (Å²) in [6, 6.07) is 9.61. The van der Waals surface area contributed by atoms with Gasteiger partial charge in [0.25, 0.3) is 11.8 Å². The standard InChI is InChI=1S/C29H29N9O6/c30-23-22-24(37-29(31)36-23)33-13-19(34-22)14-38-10-8-15-11-17(6-7-21(15)38)26(40)35-20(28(43)44)5-2-9-32-25(39)16-3-1-4-18(12-16)27(41)42/h1,3-4,6-7,11-13,20H,2,5,8-10,14H2,(H,32,39)(H,35,40)(H,41,42)(H,43,44)(H4,30,31,33,36,37). The topological polar surface area (TPSA) is 240 Å². The third-order valence-corrected chi connectivity index (χ3v) is 7.12. The first-order chi connectivity index (χ1) is 21.1. The number of fused-ring (bicyclic) bond motifs is 2. The van der Waals surface area contributed by atoms with Gasteiger partial charge < -0.3 is 37.2 Å². The molecule has 3 heterocycles. The summed E-state index contributed by atoms with van der Waals surface area (Å²) >= 11 is 0. The van der Waals surface area contributed by atoms with Crippen LogP contribution in [0.3, 0.4) is 0 Å². The molecule has 1 unspecified atom stereocenters. The summed E-state index contributed by atoms with van der Waals surface area (Å²) in [5.74, 6) is -3.19. The van der Waals surface area contributed by atoms with Gasteiger partial charge in [-0.2, -0.15) is 9.97 Å². The zero-order chi connectivity index (χ0) is 31.4. The maximum absolute atomic E-state index is 13.0. The van der Waals surface area contributed by atoms with Gasteiger partial charge in [0.2, 0.25) is 5.95 Å². The summed E-state index contributed by atoms with van der Waals surface area (Å²) in [6.07, 6.45) is 2.62. The Morgan fingerprint density at radius 3 is 2.50 bits per heavy atom. The molecule has 0 radical (unpaired) electrons. The van der Waals surface area contributed by atoms with Crippen molar-refractivity contribution in [3.8, 4) is 0 Å². The van der Waals surface area contributed by atoms with Gasteiger partial charge in [-0.25, -0.2) is 19.6 Å². The van der Waals surface area contributed by atoms with Crippen LogP contribution >= 0.6 is 0 Å². The number of aliphatic carboxylic acids is 1. The molecular weight excluding hydrogens is 570 g/mol. The van der Waals surface area contributed by atoms with Crippen molar-refractivity contribution in [2.75, 3.05) is 29.5 Å². The highest BCUT2D eigenvalue weighted by atomic mass is 16.4. The molecule has 0 aliphatic carbocycles. The molecule has 0 saturated heterocycles. The van der Waals surface area contributed by atoms with Crippen molar-refractivity contribution >= 4 is 52.4 Å². The van der Waals surface area contributed by atoms with Gasteiger partial charge in [0, 0.05) is 29.9 Å². The number of carboxylic acid groups (broad SMARTS) is 2. The van der Waals surface area contributed by atoms with Crippen molar-refractivity contribution in [2.45, 2.75) is 31.8 Å². The van der Waals surface area contributed by atoms with E-state index in [1.165, 1.54) is 24.3 Å². The molecule has 0 spiro atoms. The minimum atomic E-state index is -1.20. The van der Waals surface area contributed by atoms with Gasteiger partial charge in [0.15, 0.2) is 17.0 Å². The van der Waals surface area contributed by atoms with Crippen LogP contribution in [0.5, 0.6) is 0 Å². The van der Waals surface area contributed by atoms with Crippen LogP contribution in [0.15, 0.2) is 48.7 Å². The van der Waals surface area contributed by atoms with Gasteiger partial charge in [-0.15, -0.1) is 0 Å². The zero-order valence-corrected chi connectivity index (χ0v) is 23.4. The third-order valence-electron chi connectivity index (χ3n) is 7.12. The van der Waals surface area contributed by atoms with Crippen molar-refractivity contribution < 1.29 is 29.4 Å². The molecular formula is C29H29N9O6. The third kappa shape index (κ3) is 6.61. The number of carbonyl (C=O) groups excluding carboxylic acids is 2. The Morgan fingerprint density at radius 2 is 1.73 bits per heavy atom. The number of nitrogens with two attached hydrogens (primary N) is 2. The van der Waals surface area contributed by atoms with E-state index in [4.69, 9.17) is 16.6 Å². The Morgan fingerprint density at radius 1 is 0.955 bits per heavy atom. The molecule has 1 aliphatic heterocycles. The van der Waals surface area contributed by atoms with Crippen molar-refractivity contribution in [3.05, 3.63) is 76.6 Å². The van der Waals surface area contributed by atoms with Crippen LogP contribution in [-0.2, 0) is 17.8 Å². The van der Waals surface area contributed by atoms with E-state index in [1.807, 2.05) is 6.07 Å². The fourth-order valence-electron chi connectivity index (χ4n) is 4.93. The van der Waals surface area contributed by atoms with E-state index in [1.54, 1.807) is 18.3 Å². The van der Waals surface area contributed by atoms with Crippen molar-refractivity contribution in [1.29, 1.82) is 0 Å². The number of aromatic carboxylic acids is 1. The van der Waals surface area contributed by atoms with Crippen LogP contribution in [0.4, 0.5) is 17.5 Å². The lowest BCUT2D eigenvalue weighted by Crippen LogP contribution is -2.41. The van der Waals surface area contributed by atoms with Crippen LogP contribution in [0, 0.1) is 0 Å². The summed E-state index contributed by atoms with van der Waals surface area (Å²) in [4.78, 5) is 67.2. The molecule has 0 bridgehead atoms. The van der Waals surface area contributed by atoms with Gasteiger partial charge in [0.1, 0.15) is 6.04 Å². The second-order valence-corrected chi connectivity index (χ2v) is 10.2. The number of amides is 2. The molecule has 0 fully saturated rings. The Kier molecular flexibility index (Phi) is 8.46. The molecule has 5 rings (SSSR count). The summed E-state index contributed by atoms with van der Waals surface area (Å²) in [7, 11) is 0. The van der Waals surface area contributed by atoms with E-state index in [0.29, 0.717) is 41.9 Å². The number of hydrogen-bond acceptors (Lipinski definition) is 11. The molecule has 4 aromatic rings. The Labute approximate surface area is 250 Å². The number of nitrogen functional groups attached to an aromatic ring is 2. The highest BCUT2D eigenvalue weighted by molar-refractivity contribution is 5.98. The van der Waals surface area contributed by atoms with E-state index in [9.17, 15) is 24.3 Å². The number of nitrogens with one attached hydrogen (secondary N) is 2. The lowest BCUT2D eigenvalue weighted by atomic mass is 10.1. The molecule has 44 heavy (non-hydrogen) atoms. The summed E-state index contributed by atoms with van der Waals surface area (Å²) in [5.41, 5.74) is 15.2. The summed E-state index contributed by atoms with van der Waals surface area (Å²) in [6.45, 7) is 1.26. The molecule has 1 aliphatic rings. The summed E-state index contributed by atoms with van der Waals surface area (Å²) < 4.78 is 0. The van der Waals surface area contributed by atoms with Gasteiger partial charge in [0.05, 0.1) is 24.0 Å². The number of carboxylic acids is 2. The first kappa shape index (κ1) is 29.6. The number of aromatic nitrogens is 4. The van der Waals surface area contributed by atoms with Crippen molar-refractivity contribution in [1.82, 2.24) is 30.6 Å². The first-order valence-electron chi connectivity index (χ1n) is 13.7. The number of anilines is 3. The lowest BCUT2D eigenvalue weighted by molar-refractivity contribution is -0.139. The second kappa shape index (κ2) is 12.6. The van der Waals surface area contributed by atoms with Crippen molar-refractivity contribution in [3.63, 3.8) is 0 Å². The minimum absolute atomic E-state index is 0.0164. The second-order valence-electron chi connectivity index (χ2n) is 10.2. The Balaban J connectivity index is 1.16. The van der Waals surface area contributed by atoms with Crippen LogP contribution in [0.25, 0.3) is 11.2 Å². The van der Waals surface area contributed by atoms with E-state index in [0.717, 1.165) is 11.3 Å². The molecule has 2 aromatic carbocycles. The number of hydrogen-bond donors (Lipinski definition) is 6. The Bertz CT molecular complexity index is 1780. The molecule has 226 valence electrons. The van der Waals surface area contributed by atoms with Gasteiger partial charge in [-0.05, 0) is 61.2 Å². The first-order valence-corrected chi connectivity index (χ1v) is 13.7. The highest BCUT2D eigenvalue weighted by Crippen LogP contribution is 2.30. The van der Waals surface area contributed by atoms with Gasteiger partial charge in [-0.1, -0.05) is 6.07 Å². The predicted molar refractivity (Wildman–Crippen MR) is 159 cm³/mol. The highest BCUT2D eigenvalue weighted by Gasteiger charge is 2.24. The number of nitrogens with zero attached hydrogens (tertiary/aromatic N) is 5. The number of benzene rings is 2. The zero-order valence-electron chi connectivity index (χ0n) is 23.4. The van der Waals surface area contributed by atoms with E-state index in [2.05, 4.69) is 35.5 Å². The fraction of sp³-hybridized carbons (Fsp3) is 0.241. The maximum Gasteiger partial charge on any atom is 0.335 e. The molecule has 2 aromatic heterocycles. The lowest BCUT2D eigenvalue weighted by Gasteiger charge is -2.19. The largest absolute Gasteiger partial charge is 0.480 e. The summed E-state index contributed by atoms with van der Waals surface area (Å²) in [5, 5.41) is 24.0. The van der Waals surface area contributed by atoms with Crippen LogP contribution in [0.2, 0.25) is 0 Å². The van der Waals surface area contributed by atoms with E-state index in [-0.39, 0.29) is 42.3 Å². The SMILES string of the molecule is Nc1nc(N)c2nc(CN3CCc4cc(C(=O)NC(CCCNC(=O)c5cccc(C(=O)O)c5)C(=O)O)ccc43)cnc2n1. The molecule has 15 heteroatoms. The maximum atomic E-state index is 13.0. The predicted octanol–water partition coefficient (Wildman–Crippen LogP) is 1.24. The van der Waals surface area contributed by atoms with Crippen LogP contribution < -0.4 is 27.0 Å². The van der Waals surface area contributed by atoms with Crippen molar-refractivity contribution in [2.24, 2.45) is 0 Å². The number of carbonyl (C=O) groups is 4. The Hall–Kier alpha value is -5.86. The fourth-order valence-corrected chi connectivity index (χ4v) is 4.93. The molecule has 15 nitrogen and oxygen atoms in total. The normalized spacial score (nSPS) is 12.9. The molecule has 2 amide bonds. The van der Waals surface area contributed by atoms with Crippen LogP contribution in [0.1, 0.15) is 55.2 Å². The quantitative estimate of drug-likeness (QED) is 0.133. The smallest absolute Gasteiger partial charge is 0.335 e. The van der Waals surface area contributed by atoms with Gasteiger partial charge >= 0.3 is 11.9 Å². The van der Waals surface area contributed by atoms with E-state index >= 15 is 0 Å². The molecule has 1 atom stereocenters. The van der Waals surface area contributed by atoms with Gasteiger partial charge in [-0.3, -0.25) is 9.59 Å². The minimum Gasteiger partial charge on any atom is -0.480 e. The van der Waals surface area contributed by atoms with E-state index < -0.39 is 29.8 Å².